The van der Waals surface area contributed by atoms with Crippen LogP contribution in [-0.2, 0) is 6.42 Å². The van der Waals surface area contributed by atoms with Gasteiger partial charge in [-0.2, -0.15) is 0 Å². The highest BCUT2D eigenvalue weighted by atomic mass is 79.9. The first kappa shape index (κ1) is 13.4. The van der Waals surface area contributed by atoms with Crippen molar-refractivity contribution >= 4 is 44.6 Å². The summed E-state index contributed by atoms with van der Waals surface area (Å²) in [6.45, 7) is 0. The van der Waals surface area contributed by atoms with E-state index >= 15 is 0 Å². The van der Waals surface area contributed by atoms with Crippen LogP contribution in [0.4, 0.5) is 10.1 Å². The minimum Gasteiger partial charge on any atom is -0.376 e. The van der Waals surface area contributed by atoms with Gasteiger partial charge in [-0.25, -0.2) is 4.39 Å². The highest BCUT2D eigenvalue weighted by Crippen LogP contribution is 2.39. The monoisotopic (exact) mass is 359 g/mol. The van der Waals surface area contributed by atoms with Crippen molar-refractivity contribution in [2.75, 3.05) is 5.32 Å². The highest BCUT2D eigenvalue weighted by molar-refractivity contribution is 9.10. The van der Waals surface area contributed by atoms with E-state index in [1.165, 1.54) is 29.0 Å². The Kier molecular flexibility index (Phi) is 3.83. The molecule has 100 valence electrons. The number of thiophene rings is 1. The smallest absolute Gasteiger partial charge is 0.125 e. The molecule has 3 rings (SSSR count). The Hall–Kier alpha value is -0.580. The van der Waals surface area contributed by atoms with Crippen LogP contribution in [0.15, 0.2) is 28.1 Å². The van der Waals surface area contributed by atoms with Crippen molar-refractivity contribution in [2.24, 2.45) is 0 Å². The number of benzene rings is 1. The molecule has 1 heterocycles. The molecule has 1 unspecified atom stereocenters. The van der Waals surface area contributed by atoms with Crippen LogP contribution in [0.1, 0.15) is 29.3 Å². The molecule has 1 nitrogen and oxygen atoms in total. The summed E-state index contributed by atoms with van der Waals surface area (Å²) in [5, 5.41) is 5.99. The Balaban J connectivity index is 1.92. The molecule has 2 aromatic rings. The third-order valence-corrected chi connectivity index (χ3v) is 5.30. The van der Waals surface area contributed by atoms with Crippen LogP contribution < -0.4 is 5.32 Å². The lowest BCUT2D eigenvalue weighted by atomic mass is 9.94. The summed E-state index contributed by atoms with van der Waals surface area (Å²) in [5.74, 6) is -0.331. The summed E-state index contributed by atoms with van der Waals surface area (Å²) in [5.41, 5.74) is 2.12. The molecule has 19 heavy (non-hydrogen) atoms. The maximum atomic E-state index is 13.2. The molecule has 0 aliphatic heterocycles. The Morgan fingerprint density at radius 3 is 3.05 bits per heavy atom. The SMILES string of the molecule is Fc1cc(Cl)c(NC2CCCc3sccc32)c(Br)c1. The van der Waals surface area contributed by atoms with Crippen LogP contribution in [0, 0.1) is 5.82 Å². The molecule has 5 heteroatoms. The van der Waals surface area contributed by atoms with Crippen LogP contribution in [0.25, 0.3) is 0 Å². The lowest BCUT2D eigenvalue weighted by molar-refractivity contribution is 0.607. The van der Waals surface area contributed by atoms with Gasteiger partial charge < -0.3 is 5.32 Å². The number of nitrogens with one attached hydrogen (secondary N) is 1. The molecule has 0 radical (unpaired) electrons. The number of halogens is 3. The van der Waals surface area contributed by atoms with Gasteiger partial charge in [0.25, 0.3) is 0 Å². The summed E-state index contributed by atoms with van der Waals surface area (Å²) in [6, 6.07) is 5.20. The van der Waals surface area contributed by atoms with E-state index in [4.69, 9.17) is 11.6 Å². The van der Waals surface area contributed by atoms with E-state index in [1.807, 2.05) is 0 Å². The van der Waals surface area contributed by atoms with E-state index in [2.05, 4.69) is 32.7 Å². The first-order chi connectivity index (χ1) is 9.15. The highest BCUT2D eigenvalue weighted by Gasteiger charge is 2.22. The van der Waals surface area contributed by atoms with E-state index in [9.17, 15) is 4.39 Å². The van der Waals surface area contributed by atoms with Gasteiger partial charge in [0.1, 0.15) is 5.82 Å². The fourth-order valence-corrected chi connectivity index (χ4v) is 4.40. The Morgan fingerprint density at radius 1 is 1.42 bits per heavy atom. The van der Waals surface area contributed by atoms with Gasteiger partial charge in [-0.05, 0) is 64.3 Å². The van der Waals surface area contributed by atoms with Gasteiger partial charge in [0.05, 0.1) is 16.8 Å². The predicted octanol–water partition coefficient (Wildman–Crippen LogP) is 5.79. The van der Waals surface area contributed by atoms with Crippen LogP contribution in [0.3, 0.4) is 0 Å². The van der Waals surface area contributed by atoms with E-state index in [-0.39, 0.29) is 11.9 Å². The van der Waals surface area contributed by atoms with Gasteiger partial charge in [-0.1, -0.05) is 11.6 Å². The number of rotatable bonds is 2. The fourth-order valence-electron chi connectivity index (χ4n) is 2.49. The molecule has 1 aromatic carbocycles. The van der Waals surface area contributed by atoms with Crippen LogP contribution >= 0.6 is 38.9 Å². The Morgan fingerprint density at radius 2 is 2.26 bits per heavy atom. The maximum absolute atomic E-state index is 13.2. The first-order valence-electron chi connectivity index (χ1n) is 6.12. The zero-order valence-electron chi connectivity index (χ0n) is 10.1. The molecule has 0 fully saturated rings. The van der Waals surface area contributed by atoms with E-state index < -0.39 is 0 Å². The van der Waals surface area contributed by atoms with Crippen LogP contribution in [-0.4, -0.2) is 0 Å². The van der Waals surface area contributed by atoms with Crippen molar-refractivity contribution in [1.82, 2.24) is 0 Å². The van der Waals surface area contributed by atoms with Crippen LogP contribution in [0.2, 0.25) is 5.02 Å². The van der Waals surface area contributed by atoms with Crippen LogP contribution in [0.5, 0.6) is 0 Å². The summed E-state index contributed by atoms with van der Waals surface area (Å²) >= 11 is 11.3. The Labute approximate surface area is 128 Å². The normalized spacial score (nSPS) is 18.2. The molecule has 1 N–H and O–H groups in total. The number of hydrogen-bond donors (Lipinski definition) is 1. The average molecular weight is 361 g/mol. The molecule has 0 saturated carbocycles. The fraction of sp³-hybridized carbons (Fsp3) is 0.286. The molecule has 0 spiro atoms. The summed E-state index contributed by atoms with van der Waals surface area (Å²) in [7, 11) is 0. The van der Waals surface area contributed by atoms with Crippen molar-refractivity contribution in [3.8, 4) is 0 Å². The van der Waals surface area contributed by atoms with Gasteiger partial charge in [0, 0.05) is 9.35 Å². The van der Waals surface area contributed by atoms with Gasteiger partial charge in [-0.15, -0.1) is 11.3 Å². The lowest BCUT2D eigenvalue weighted by Gasteiger charge is -2.25. The lowest BCUT2D eigenvalue weighted by Crippen LogP contribution is -2.16. The summed E-state index contributed by atoms with van der Waals surface area (Å²) in [4.78, 5) is 1.44. The molecule has 1 aliphatic carbocycles. The van der Waals surface area contributed by atoms with Gasteiger partial charge in [0.15, 0.2) is 0 Å². The van der Waals surface area contributed by atoms with E-state index in [0.717, 1.165) is 18.5 Å². The second-order valence-corrected chi connectivity index (χ2v) is 6.89. The number of hydrogen-bond acceptors (Lipinski definition) is 2. The van der Waals surface area contributed by atoms with Crippen molar-refractivity contribution in [3.05, 3.63) is 49.3 Å². The van der Waals surface area contributed by atoms with Crippen molar-refractivity contribution in [2.45, 2.75) is 25.3 Å². The molecule has 0 amide bonds. The van der Waals surface area contributed by atoms with Crippen molar-refractivity contribution < 1.29 is 4.39 Å². The number of aryl methyl sites for hydroxylation is 1. The standard InChI is InChI=1S/C14H12BrClFNS/c15-10-6-8(17)7-11(16)14(10)18-12-2-1-3-13-9(12)4-5-19-13/h4-7,12,18H,1-3H2. The number of fused-ring (bicyclic) bond motifs is 1. The van der Waals surface area contributed by atoms with Gasteiger partial charge in [-0.3, -0.25) is 0 Å². The largest absolute Gasteiger partial charge is 0.376 e. The summed E-state index contributed by atoms with van der Waals surface area (Å²) < 4.78 is 13.9. The third-order valence-electron chi connectivity index (χ3n) is 3.38. The topological polar surface area (TPSA) is 12.0 Å². The second kappa shape index (κ2) is 5.43. The maximum Gasteiger partial charge on any atom is 0.125 e. The zero-order valence-corrected chi connectivity index (χ0v) is 13.2. The minimum absolute atomic E-state index is 0.259. The average Bonchev–Trinajstić information content (AvgIpc) is 2.82. The summed E-state index contributed by atoms with van der Waals surface area (Å²) in [6.07, 6.45) is 3.40. The molecule has 0 bridgehead atoms. The molecule has 1 aromatic heterocycles. The minimum atomic E-state index is -0.331. The van der Waals surface area contributed by atoms with Gasteiger partial charge >= 0.3 is 0 Å². The van der Waals surface area contributed by atoms with Gasteiger partial charge in [0.2, 0.25) is 0 Å². The van der Waals surface area contributed by atoms with E-state index in [0.29, 0.717) is 9.50 Å². The second-order valence-electron chi connectivity index (χ2n) is 4.63. The Bertz CT molecular complexity index is 590. The van der Waals surface area contributed by atoms with Crippen molar-refractivity contribution in [1.29, 1.82) is 0 Å². The quantitative estimate of drug-likeness (QED) is 0.714. The van der Waals surface area contributed by atoms with Crippen molar-refractivity contribution in [3.63, 3.8) is 0 Å². The molecular weight excluding hydrogens is 349 g/mol. The first-order valence-corrected chi connectivity index (χ1v) is 8.17. The molecule has 1 aliphatic rings. The van der Waals surface area contributed by atoms with E-state index in [1.54, 1.807) is 11.3 Å². The third kappa shape index (κ3) is 2.67. The zero-order chi connectivity index (χ0) is 13.4. The molecule has 0 saturated heterocycles. The molecule has 1 atom stereocenters. The predicted molar refractivity (Wildman–Crippen MR) is 82.7 cm³/mol. The number of anilines is 1. The molecular formula is C14H12BrClFNS.